The topological polar surface area (TPSA) is 90.7 Å². The Bertz CT molecular complexity index is 1330. The number of hydrogen-bond acceptors (Lipinski definition) is 7. The Hall–Kier alpha value is -3.49. The van der Waals surface area contributed by atoms with Crippen molar-refractivity contribution in [3.8, 4) is 23.0 Å². The van der Waals surface area contributed by atoms with Gasteiger partial charge in [0.2, 0.25) is 26.6 Å². The molecule has 0 amide bonds. The number of rotatable bonds is 8. The molecule has 1 N–H and O–H groups in total. The van der Waals surface area contributed by atoms with E-state index in [1.54, 1.807) is 55.6 Å². The average molecular weight is 485 g/mol. The molecule has 4 rings (SSSR count). The molecule has 0 saturated carbocycles. The highest BCUT2D eigenvalue weighted by Crippen LogP contribution is 2.35. The van der Waals surface area contributed by atoms with E-state index in [1.807, 2.05) is 6.92 Å². The maximum absolute atomic E-state index is 13.4. The fraction of sp³-hybridized carbons (Fsp3) is 0.125. The second-order valence-corrected chi connectivity index (χ2v) is 9.22. The molecule has 7 nitrogen and oxygen atoms in total. The summed E-state index contributed by atoms with van der Waals surface area (Å²) < 4.78 is 43.3. The van der Waals surface area contributed by atoms with Crippen LogP contribution in [0.15, 0.2) is 87.1 Å². The molecule has 4 aromatic rings. The predicted molar refractivity (Wildman–Crippen MR) is 126 cm³/mol. The third kappa shape index (κ3) is 4.97. The van der Waals surface area contributed by atoms with Gasteiger partial charge in [-0.15, -0.1) is 0 Å². The van der Waals surface area contributed by atoms with E-state index in [0.29, 0.717) is 34.4 Å². The Labute approximate surface area is 196 Å². The molecule has 0 atom stereocenters. The Balaban J connectivity index is 1.77. The highest BCUT2D eigenvalue weighted by atomic mass is 35.5. The first-order valence-electron chi connectivity index (χ1n) is 10.1. The van der Waals surface area contributed by atoms with Gasteiger partial charge in [0.15, 0.2) is 0 Å². The number of oxazole rings is 1. The Morgan fingerprint density at radius 1 is 0.939 bits per heavy atom. The standard InChI is InChI=1S/C24H21ClN2O5S/c1-3-31-20-12-8-18(9-13-20)26-23-24(33(28,29)21-14-6-17(25)7-15-21)27-22(32-23)16-4-10-19(30-2)11-5-16/h4-15,26H,3H2,1-2H3. The Morgan fingerprint density at radius 2 is 1.58 bits per heavy atom. The van der Waals surface area contributed by atoms with E-state index in [0.717, 1.165) is 0 Å². The van der Waals surface area contributed by atoms with Crippen molar-refractivity contribution in [3.05, 3.63) is 77.8 Å². The SMILES string of the molecule is CCOc1ccc(Nc2oc(-c3ccc(OC)cc3)nc2S(=O)(=O)c2ccc(Cl)cc2)cc1. The number of aromatic nitrogens is 1. The number of methoxy groups -OCH3 is 1. The second-order valence-electron chi connectivity index (χ2n) is 6.92. The maximum atomic E-state index is 13.4. The lowest BCUT2D eigenvalue weighted by atomic mass is 10.2. The number of ether oxygens (including phenoxy) is 2. The van der Waals surface area contributed by atoms with Crippen molar-refractivity contribution < 1.29 is 22.3 Å². The van der Waals surface area contributed by atoms with Gasteiger partial charge in [-0.3, -0.25) is 0 Å². The molecule has 0 saturated heterocycles. The summed E-state index contributed by atoms with van der Waals surface area (Å²) in [6.07, 6.45) is 0. The van der Waals surface area contributed by atoms with Crippen LogP contribution in [0.2, 0.25) is 5.02 Å². The first-order valence-corrected chi connectivity index (χ1v) is 11.9. The van der Waals surface area contributed by atoms with Gasteiger partial charge >= 0.3 is 0 Å². The highest BCUT2D eigenvalue weighted by molar-refractivity contribution is 7.91. The van der Waals surface area contributed by atoms with E-state index >= 15 is 0 Å². The lowest BCUT2D eigenvalue weighted by molar-refractivity contribution is 0.340. The van der Waals surface area contributed by atoms with Crippen molar-refractivity contribution in [2.24, 2.45) is 0 Å². The minimum absolute atomic E-state index is 0.0000667. The summed E-state index contributed by atoms with van der Waals surface area (Å²) in [4.78, 5) is 4.39. The average Bonchev–Trinajstić information content (AvgIpc) is 3.25. The summed E-state index contributed by atoms with van der Waals surface area (Å²) in [6, 6.07) is 19.9. The fourth-order valence-corrected chi connectivity index (χ4v) is 4.47. The molecule has 0 bridgehead atoms. The van der Waals surface area contributed by atoms with Crippen molar-refractivity contribution >= 4 is 33.0 Å². The van der Waals surface area contributed by atoms with Gasteiger partial charge in [0.05, 0.1) is 18.6 Å². The largest absolute Gasteiger partial charge is 0.497 e. The van der Waals surface area contributed by atoms with Crippen LogP contribution in [0.4, 0.5) is 11.6 Å². The Morgan fingerprint density at radius 3 is 2.18 bits per heavy atom. The van der Waals surface area contributed by atoms with Crippen molar-refractivity contribution in [3.63, 3.8) is 0 Å². The summed E-state index contributed by atoms with van der Waals surface area (Å²) in [7, 11) is -2.43. The van der Waals surface area contributed by atoms with Gasteiger partial charge in [-0.25, -0.2) is 8.42 Å². The predicted octanol–water partition coefficient (Wildman–Crippen LogP) is 5.98. The minimum atomic E-state index is -4.00. The maximum Gasteiger partial charge on any atom is 0.238 e. The van der Waals surface area contributed by atoms with Gasteiger partial charge in [-0.1, -0.05) is 11.6 Å². The third-order valence-electron chi connectivity index (χ3n) is 4.73. The fourth-order valence-electron chi connectivity index (χ4n) is 3.08. The highest BCUT2D eigenvalue weighted by Gasteiger charge is 2.29. The third-order valence-corrected chi connectivity index (χ3v) is 6.67. The summed E-state index contributed by atoms with van der Waals surface area (Å²) in [6.45, 7) is 2.44. The molecular formula is C24H21ClN2O5S. The van der Waals surface area contributed by atoms with E-state index in [4.69, 9.17) is 25.5 Å². The van der Waals surface area contributed by atoms with E-state index in [9.17, 15) is 8.42 Å². The van der Waals surface area contributed by atoms with Gasteiger partial charge in [-0.05, 0) is 79.7 Å². The van der Waals surface area contributed by atoms with Crippen LogP contribution >= 0.6 is 11.6 Å². The summed E-state index contributed by atoms with van der Waals surface area (Å²) in [5.74, 6) is 1.51. The second kappa shape index (κ2) is 9.56. The van der Waals surface area contributed by atoms with Gasteiger partial charge in [0.1, 0.15) is 11.5 Å². The molecule has 0 fully saturated rings. The molecule has 0 aliphatic rings. The molecule has 170 valence electrons. The number of sulfone groups is 1. The lowest BCUT2D eigenvalue weighted by Gasteiger charge is -2.08. The first-order chi connectivity index (χ1) is 15.9. The van der Waals surface area contributed by atoms with E-state index in [1.165, 1.54) is 24.3 Å². The van der Waals surface area contributed by atoms with Crippen LogP contribution < -0.4 is 14.8 Å². The van der Waals surface area contributed by atoms with E-state index < -0.39 is 9.84 Å². The molecule has 1 heterocycles. The molecule has 9 heteroatoms. The van der Waals surface area contributed by atoms with Crippen molar-refractivity contribution in [1.29, 1.82) is 0 Å². The lowest BCUT2D eigenvalue weighted by Crippen LogP contribution is -2.05. The molecular weight excluding hydrogens is 464 g/mol. The molecule has 1 aromatic heterocycles. The number of nitrogens with zero attached hydrogens (tertiary/aromatic N) is 1. The molecule has 0 aliphatic heterocycles. The molecule has 3 aromatic carbocycles. The van der Waals surface area contributed by atoms with Crippen LogP contribution in [0.3, 0.4) is 0 Å². The zero-order chi connectivity index (χ0) is 23.4. The number of halogens is 1. The minimum Gasteiger partial charge on any atom is -0.497 e. The van der Waals surface area contributed by atoms with Crippen LogP contribution in [0.25, 0.3) is 11.5 Å². The van der Waals surface area contributed by atoms with Gasteiger partial charge < -0.3 is 19.2 Å². The monoisotopic (exact) mass is 484 g/mol. The van der Waals surface area contributed by atoms with Crippen molar-refractivity contribution in [2.45, 2.75) is 16.8 Å². The van der Waals surface area contributed by atoms with Crippen molar-refractivity contribution in [1.82, 2.24) is 4.98 Å². The molecule has 0 unspecified atom stereocenters. The molecule has 0 spiro atoms. The van der Waals surface area contributed by atoms with Crippen molar-refractivity contribution in [2.75, 3.05) is 19.0 Å². The van der Waals surface area contributed by atoms with Crippen LogP contribution in [-0.2, 0) is 9.84 Å². The Kier molecular flexibility index (Phi) is 6.57. The van der Waals surface area contributed by atoms with Crippen LogP contribution in [0.1, 0.15) is 6.92 Å². The number of benzene rings is 3. The summed E-state index contributed by atoms with van der Waals surface area (Å²) in [5.41, 5.74) is 1.21. The molecule has 0 aliphatic carbocycles. The first kappa shape index (κ1) is 22.7. The molecule has 33 heavy (non-hydrogen) atoms. The van der Waals surface area contributed by atoms with Gasteiger partial charge in [0.25, 0.3) is 0 Å². The van der Waals surface area contributed by atoms with E-state index in [2.05, 4.69) is 10.3 Å². The van der Waals surface area contributed by atoms with Crippen LogP contribution in [-0.4, -0.2) is 27.1 Å². The number of anilines is 2. The number of hydrogen-bond donors (Lipinski definition) is 1. The van der Waals surface area contributed by atoms with Gasteiger partial charge in [-0.2, -0.15) is 4.98 Å². The normalized spacial score (nSPS) is 11.2. The zero-order valence-corrected chi connectivity index (χ0v) is 19.5. The quantitative estimate of drug-likeness (QED) is 0.329. The summed E-state index contributed by atoms with van der Waals surface area (Å²) in [5, 5.41) is 3.23. The van der Waals surface area contributed by atoms with Crippen LogP contribution in [0.5, 0.6) is 11.5 Å². The van der Waals surface area contributed by atoms with E-state index in [-0.39, 0.29) is 21.7 Å². The zero-order valence-electron chi connectivity index (χ0n) is 17.9. The van der Waals surface area contributed by atoms with Gasteiger partial charge in [0, 0.05) is 16.3 Å². The summed E-state index contributed by atoms with van der Waals surface area (Å²) >= 11 is 5.93. The molecule has 0 radical (unpaired) electrons. The number of nitrogens with one attached hydrogen (secondary N) is 1. The van der Waals surface area contributed by atoms with Crippen LogP contribution in [0, 0.1) is 0 Å². The smallest absolute Gasteiger partial charge is 0.238 e.